The summed E-state index contributed by atoms with van der Waals surface area (Å²) in [6.45, 7) is 2.14. The maximum atomic E-state index is 9.55. The molecule has 2 aromatic carbocycles. The second-order valence-corrected chi connectivity index (χ2v) is 5.60. The predicted octanol–water partition coefficient (Wildman–Crippen LogP) is 3.60. The van der Waals surface area contributed by atoms with Gasteiger partial charge in [-0.1, -0.05) is 18.2 Å². The minimum absolute atomic E-state index is 0.225. The van der Waals surface area contributed by atoms with Crippen LogP contribution in [-0.4, -0.2) is 5.11 Å². The van der Waals surface area contributed by atoms with E-state index < -0.39 is 0 Å². The number of aromatic hydroxyl groups is 1. The van der Waals surface area contributed by atoms with Gasteiger partial charge < -0.3 is 10.4 Å². The highest BCUT2D eigenvalue weighted by Crippen LogP contribution is 2.34. The fraction of sp³-hybridized carbons (Fsp3) is 0.278. The second kappa shape index (κ2) is 5.59. The Kier molecular flexibility index (Phi) is 3.64. The first-order valence-electron chi connectivity index (χ1n) is 7.25. The third-order valence-electron chi connectivity index (χ3n) is 4.20. The monoisotopic (exact) mass is 278 g/mol. The Balaban J connectivity index is 1.74. The van der Waals surface area contributed by atoms with Crippen LogP contribution in [0.5, 0.6) is 5.75 Å². The van der Waals surface area contributed by atoms with E-state index in [4.69, 9.17) is 5.26 Å². The summed E-state index contributed by atoms with van der Waals surface area (Å²) < 4.78 is 0. The summed E-state index contributed by atoms with van der Waals surface area (Å²) in [5.74, 6) is 0.342. The van der Waals surface area contributed by atoms with Crippen LogP contribution in [0.2, 0.25) is 0 Å². The number of fused-ring (bicyclic) bond motifs is 1. The molecule has 0 heterocycles. The Morgan fingerprint density at radius 2 is 2.00 bits per heavy atom. The number of nitrogens with zero attached hydrogens (tertiary/aromatic N) is 1. The van der Waals surface area contributed by atoms with Crippen molar-refractivity contribution in [2.24, 2.45) is 0 Å². The SMILES string of the molecule is CC(NC1CCc2cc(O)ccc21)c1ccc(C#N)cc1. The van der Waals surface area contributed by atoms with Crippen LogP contribution in [0.3, 0.4) is 0 Å². The standard InChI is InChI=1S/C18H18N2O/c1-12(14-4-2-13(11-19)3-5-14)20-18-9-6-15-10-16(21)7-8-17(15)18/h2-5,7-8,10,12,18,20-21H,6,9H2,1H3. The van der Waals surface area contributed by atoms with E-state index in [1.54, 1.807) is 6.07 Å². The Labute approximate surface area is 124 Å². The molecule has 0 fully saturated rings. The minimum atomic E-state index is 0.225. The smallest absolute Gasteiger partial charge is 0.115 e. The van der Waals surface area contributed by atoms with Crippen molar-refractivity contribution in [1.29, 1.82) is 5.26 Å². The number of rotatable bonds is 3. The van der Waals surface area contributed by atoms with Gasteiger partial charge in [-0.3, -0.25) is 0 Å². The van der Waals surface area contributed by atoms with Crippen molar-refractivity contribution < 1.29 is 5.11 Å². The van der Waals surface area contributed by atoms with Crippen LogP contribution in [-0.2, 0) is 6.42 Å². The summed E-state index contributed by atoms with van der Waals surface area (Å²) in [5, 5.41) is 22.0. The zero-order chi connectivity index (χ0) is 14.8. The lowest BCUT2D eigenvalue weighted by Gasteiger charge is -2.21. The van der Waals surface area contributed by atoms with Gasteiger partial charge in [0.05, 0.1) is 11.6 Å². The van der Waals surface area contributed by atoms with E-state index in [0.29, 0.717) is 17.4 Å². The van der Waals surface area contributed by atoms with Crippen molar-refractivity contribution in [2.75, 3.05) is 0 Å². The van der Waals surface area contributed by atoms with Crippen LogP contribution in [0, 0.1) is 11.3 Å². The van der Waals surface area contributed by atoms with E-state index in [1.165, 1.54) is 16.7 Å². The third-order valence-corrected chi connectivity index (χ3v) is 4.20. The zero-order valence-corrected chi connectivity index (χ0v) is 12.0. The molecule has 0 spiro atoms. The number of phenols is 1. The Morgan fingerprint density at radius 1 is 1.24 bits per heavy atom. The molecule has 3 nitrogen and oxygen atoms in total. The summed E-state index contributed by atoms with van der Waals surface area (Å²) in [5.41, 5.74) is 4.39. The van der Waals surface area contributed by atoms with Gasteiger partial charge in [0.25, 0.3) is 0 Å². The van der Waals surface area contributed by atoms with E-state index in [0.717, 1.165) is 12.8 Å². The van der Waals surface area contributed by atoms with Gasteiger partial charge in [-0.15, -0.1) is 0 Å². The summed E-state index contributed by atoms with van der Waals surface area (Å²) in [6, 6.07) is 16.0. The number of benzene rings is 2. The van der Waals surface area contributed by atoms with Gasteiger partial charge in [0.1, 0.15) is 5.75 Å². The lowest BCUT2D eigenvalue weighted by molar-refractivity contribution is 0.464. The number of nitriles is 1. The maximum absolute atomic E-state index is 9.55. The molecule has 3 heteroatoms. The molecule has 0 amide bonds. The number of nitrogens with one attached hydrogen (secondary N) is 1. The van der Waals surface area contributed by atoms with Crippen molar-refractivity contribution in [3.8, 4) is 11.8 Å². The van der Waals surface area contributed by atoms with Crippen LogP contribution >= 0.6 is 0 Å². The molecule has 1 aliphatic carbocycles. The highest BCUT2D eigenvalue weighted by molar-refractivity contribution is 5.40. The van der Waals surface area contributed by atoms with Crippen molar-refractivity contribution >= 4 is 0 Å². The van der Waals surface area contributed by atoms with Gasteiger partial charge in [0.2, 0.25) is 0 Å². The van der Waals surface area contributed by atoms with Crippen LogP contribution in [0.25, 0.3) is 0 Å². The topological polar surface area (TPSA) is 56.0 Å². The third kappa shape index (κ3) is 2.76. The summed E-state index contributed by atoms with van der Waals surface area (Å²) in [7, 11) is 0. The predicted molar refractivity (Wildman–Crippen MR) is 81.9 cm³/mol. The molecule has 2 N–H and O–H groups in total. The van der Waals surface area contributed by atoms with E-state index in [2.05, 4.69) is 18.3 Å². The lowest BCUT2D eigenvalue weighted by Crippen LogP contribution is -2.22. The molecule has 2 unspecified atom stereocenters. The first-order valence-corrected chi connectivity index (χ1v) is 7.25. The molecule has 0 bridgehead atoms. The second-order valence-electron chi connectivity index (χ2n) is 5.60. The molecule has 1 aliphatic rings. The van der Waals surface area contributed by atoms with Gasteiger partial charge in [0, 0.05) is 12.1 Å². The largest absolute Gasteiger partial charge is 0.508 e. The van der Waals surface area contributed by atoms with E-state index >= 15 is 0 Å². The normalized spacial score (nSPS) is 18.0. The molecule has 2 atom stereocenters. The van der Waals surface area contributed by atoms with Crippen molar-refractivity contribution in [3.05, 3.63) is 64.7 Å². The molecular formula is C18H18N2O. The fourth-order valence-electron chi connectivity index (χ4n) is 3.02. The highest BCUT2D eigenvalue weighted by atomic mass is 16.3. The first-order chi connectivity index (χ1) is 10.2. The molecular weight excluding hydrogens is 260 g/mol. The van der Waals surface area contributed by atoms with Crippen LogP contribution < -0.4 is 5.32 Å². The van der Waals surface area contributed by atoms with Crippen LogP contribution in [0.1, 0.15) is 47.7 Å². The van der Waals surface area contributed by atoms with Gasteiger partial charge in [0.15, 0.2) is 0 Å². The molecule has 3 rings (SSSR count). The molecule has 0 aliphatic heterocycles. The Bertz CT molecular complexity index is 685. The highest BCUT2D eigenvalue weighted by Gasteiger charge is 2.24. The first kappa shape index (κ1) is 13.7. The van der Waals surface area contributed by atoms with E-state index in [9.17, 15) is 5.11 Å². The lowest BCUT2D eigenvalue weighted by atomic mass is 10.0. The number of hydrogen-bond donors (Lipinski definition) is 2. The van der Waals surface area contributed by atoms with E-state index in [-0.39, 0.29) is 6.04 Å². The zero-order valence-electron chi connectivity index (χ0n) is 12.0. The summed E-state index contributed by atoms with van der Waals surface area (Å²) in [4.78, 5) is 0. The number of phenolic OH excluding ortho intramolecular Hbond substituents is 1. The Hall–Kier alpha value is -2.31. The fourth-order valence-corrected chi connectivity index (χ4v) is 3.02. The van der Waals surface area contributed by atoms with Crippen molar-refractivity contribution in [3.63, 3.8) is 0 Å². The van der Waals surface area contributed by atoms with Crippen molar-refractivity contribution in [2.45, 2.75) is 31.8 Å². The van der Waals surface area contributed by atoms with Gasteiger partial charge in [-0.05, 0) is 60.7 Å². The van der Waals surface area contributed by atoms with Crippen molar-refractivity contribution in [1.82, 2.24) is 5.32 Å². The van der Waals surface area contributed by atoms with Crippen LogP contribution in [0.15, 0.2) is 42.5 Å². The molecule has 0 saturated carbocycles. The van der Waals surface area contributed by atoms with E-state index in [1.807, 2.05) is 36.4 Å². The maximum Gasteiger partial charge on any atom is 0.115 e. The van der Waals surface area contributed by atoms with Gasteiger partial charge in [-0.25, -0.2) is 0 Å². The number of aryl methyl sites for hydroxylation is 1. The molecule has 0 saturated heterocycles. The average molecular weight is 278 g/mol. The van der Waals surface area contributed by atoms with Crippen LogP contribution in [0.4, 0.5) is 0 Å². The summed E-state index contributed by atoms with van der Waals surface area (Å²) in [6.07, 6.45) is 2.06. The molecule has 21 heavy (non-hydrogen) atoms. The molecule has 0 radical (unpaired) electrons. The summed E-state index contributed by atoms with van der Waals surface area (Å²) >= 11 is 0. The number of hydrogen-bond acceptors (Lipinski definition) is 3. The van der Waals surface area contributed by atoms with Gasteiger partial charge >= 0.3 is 0 Å². The molecule has 0 aromatic heterocycles. The minimum Gasteiger partial charge on any atom is -0.508 e. The molecule has 106 valence electrons. The quantitative estimate of drug-likeness (QED) is 0.902. The van der Waals surface area contributed by atoms with Gasteiger partial charge in [-0.2, -0.15) is 5.26 Å². The average Bonchev–Trinajstić information content (AvgIpc) is 2.89. The molecule has 2 aromatic rings. The Morgan fingerprint density at radius 3 is 2.71 bits per heavy atom.